The molecule has 1 aliphatic heterocycles. The molecule has 2 unspecified atom stereocenters. The lowest BCUT2D eigenvalue weighted by Crippen LogP contribution is -2.35. The van der Waals surface area contributed by atoms with E-state index in [1.54, 1.807) is 0 Å². The van der Waals surface area contributed by atoms with Crippen molar-refractivity contribution in [3.8, 4) is 0 Å². The maximum Gasteiger partial charge on any atom is 0.351 e. The fourth-order valence-electron chi connectivity index (χ4n) is 1.98. The van der Waals surface area contributed by atoms with E-state index in [1.807, 2.05) is 6.92 Å². The summed E-state index contributed by atoms with van der Waals surface area (Å²) in [4.78, 5) is 15.4. The van der Waals surface area contributed by atoms with Crippen LogP contribution in [0.3, 0.4) is 0 Å². The standard InChI is InChI=1S/C11H15F2N3O3/c1-2-14-8-3-4-16(10(18)15-8)9-11(12,13)5-7(6-17)19-9/h3-4,7,9,17H,2,5-6H2,1H3,(H,14,15,18). The monoisotopic (exact) mass is 275 g/mol. The van der Waals surface area contributed by atoms with Crippen LogP contribution < -0.4 is 11.0 Å². The van der Waals surface area contributed by atoms with Crippen molar-refractivity contribution in [3.05, 3.63) is 22.7 Å². The number of rotatable bonds is 4. The largest absolute Gasteiger partial charge is 0.394 e. The molecule has 19 heavy (non-hydrogen) atoms. The van der Waals surface area contributed by atoms with E-state index in [0.717, 1.165) is 4.57 Å². The van der Waals surface area contributed by atoms with Crippen molar-refractivity contribution in [2.75, 3.05) is 18.5 Å². The van der Waals surface area contributed by atoms with Gasteiger partial charge in [-0.2, -0.15) is 4.98 Å². The van der Waals surface area contributed by atoms with Crippen molar-refractivity contribution in [2.45, 2.75) is 31.6 Å². The number of anilines is 1. The number of aliphatic hydroxyl groups excluding tert-OH is 1. The van der Waals surface area contributed by atoms with Crippen LogP contribution in [0.2, 0.25) is 0 Å². The van der Waals surface area contributed by atoms with Crippen molar-refractivity contribution >= 4 is 5.82 Å². The molecule has 0 aromatic carbocycles. The summed E-state index contributed by atoms with van der Waals surface area (Å²) in [6, 6.07) is 1.43. The third-order valence-corrected chi connectivity index (χ3v) is 2.83. The van der Waals surface area contributed by atoms with E-state index in [1.165, 1.54) is 12.3 Å². The molecule has 0 aliphatic carbocycles. The van der Waals surface area contributed by atoms with Gasteiger partial charge < -0.3 is 15.2 Å². The molecule has 2 atom stereocenters. The SMILES string of the molecule is CCNc1ccn(C2OC(CO)CC2(F)F)c(=O)n1. The first-order chi connectivity index (χ1) is 8.97. The van der Waals surface area contributed by atoms with Crippen LogP contribution in [0.15, 0.2) is 17.1 Å². The summed E-state index contributed by atoms with van der Waals surface area (Å²) in [5.74, 6) is -2.89. The maximum absolute atomic E-state index is 13.7. The highest BCUT2D eigenvalue weighted by Gasteiger charge is 2.51. The highest BCUT2D eigenvalue weighted by Crippen LogP contribution is 2.41. The summed E-state index contributed by atoms with van der Waals surface area (Å²) in [6.45, 7) is 1.89. The van der Waals surface area contributed by atoms with Crippen molar-refractivity contribution in [2.24, 2.45) is 0 Å². The first-order valence-electron chi connectivity index (χ1n) is 5.95. The van der Waals surface area contributed by atoms with Gasteiger partial charge in [0.1, 0.15) is 5.82 Å². The van der Waals surface area contributed by atoms with Gasteiger partial charge in [-0.15, -0.1) is 0 Å². The van der Waals surface area contributed by atoms with Gasteiger partial charge in [-0.25, -0.2) is 13.6 Å². The van der Waals surface area contributed by atoms with E-state index in [4.69, 9.17) is 9.84 Å². The van der Waals surface area contributed by atoms with Crippen LogP contribution in [0.4, 0.5) is 14.6 Å². The molecule has 0 saturated carbocycles. The van der Waals surface area contributed by atoms with E-state index < -0.39 is 37.0 Å². The number of aromatic nitrogens is 2. The van der Waals surface area contributed by atoms with Crippen LogP contribution in [0.25, 0.3) is 0 Å². The number of alkyl halides is 2. The molecule has 1 fully saturated rings. The van der Waals surface area contributed by atoms with Crippen LogP contribution in [0, 0.1) is 0 Å². The predicted octanol–water partition coefficient (Wildman–Crippen LogP) is 0.590. The van der Waals surface area contributed by atoms with E-state index >= 15 is 0 Å². The molecule has 0 radical (unpaired) electrons. The average molecular weight is 275 g/mol. The summed E-state index contributed by atoms with van der Waals surface area (Å²) < 4.78 is 33.2. The van der Waals surface area contributed by atoms with Crippen molar-refractivity contribution in [3.63, 3.8) is 0 Å². The maximum atomic E-state index is 13.7. The van der Waals surface area contributed by atoms with Gasteiger partial charge in [0.2, 0.25) is 6.23 Å². The van der Waals surface area contributed by atoms with Gasteiger partial charge in [-0.3, -0.25) is 4.57 Å². The number of ether oxygens (including phenoxy) is 1. The molecule has 8 heteroatoms. The summed E-state index contributed by atoms with van der Waals surface area (Å²) in [6.07, 6.45) is -2.10. The molecule has 0 amide bonds. The lowest BCUT2D eigenvalue weighted by molar-refractivity contribution is -0.120. The Morgan fingerprint density at radius 2 is 2.42 bits per heavy atom. The molecule has 1 aromatic rings. The molecule has 6 nitrogen and oxygen atoms in total. The molecular weight excluding hydrogens is 260 g/mol. The van der Waals surface area contributed by atoms with Crippen LogP contribution in [0.5, 0.6) is 0 Å². The number of hydrogen-bond donors (Lipinski definition) is 2. The zero-order chi connectivity index (χ0) is 14.0. The minimum Gasteiger partial charge on any atom is -0.394 e. The molecule has 2 heterocycles. The third-order valence-electron chi connectivity index (χ3n) is 2.83. The lowest BCUT2D eigenvalue weighted by Gasteiger charge is -2.19. The van der Waals surface area contributed by atoms with Gasteiger partial charge in [-0.05, 0) is 13.0 Å². The molecule has 2 rings (SSSR count). The van der Waals surface area contributed by atoms with Gasteiger partial charge >= 0.3 is 5.69 Å². The van der Waals surface area contributed by atoms with E-state index in [0.29, 0.717) is 12.4 Å². The Morgan fingerprint density at radius 1 is 1.68 bits per heavy atom. The second-order valence-corrected chi connectivity index (χ2v) is 4.29. The van der Waals surface area contributed by atoms with Gasteiger partial charge in [0.25, 0.3) is 5.92 Å². The van der Waals surface area contributed by atoms with Crippen LogP contribution >= 0.6 is 0 Å². The van der Waals surface area contributed by atoms with Gasteiger partial charge in [-0.1, -0.05) is 0 Å². The fourth-order valence-corrected chi connectivity index (χ4v) is 1.98. The van der Waals surface area contributed by atoms with Crippen molar-refractivity contribution in [1.82, 2.24) is 9.55 Å². The van der Waals surface area contributed by atoms with E-state index in [-0.39, 0.29) is 0 Å². The molecule has 1 aliphatic rings. The first kappa shape index (κ1) is 13.9. The summed E-state index contributed by atoms with van der Waals surface area (Å²) in [5, 5.41) is 11.7. The Hall–Kier alpha value is -1.54. The molecule has 2 N–H and O–H groups in total. The van der Waals surface area contributed by atoms with Crippen molar-refractivity contribution < 1.29 is 18.6 Å². The van der Waals surface area contributed by atoms with Gasteiger partial charge in [0.15, 0.2) is 0 Å². The Balaban J connectivity index is 2.29. The summed E-state index contributed by atoms with van der Waals surface area (Å²) >= 11 is 0. The highest BCUT2D eigenvalue weighted by atomic mass is 19.3. The summed E-state index contributed by atoms with van der Waals surface area (Å²) in [7, 11) is 0. The summed E-state index contributed by atoms with van der Waals surface area (Å²) in [5.41, 5.74) is -0.818. The highest BCUT2D eigenvalue weighted by molar-refractivity contribution is 5.31. The molecule has 0 bridgehead atoms. The van der Waals surface area contributed by atoms with Crippen molar-refractivity contribution in [1.29, 1.82) is 0 Å². The van der Waals surface area contributed by atoms with Crippen LogP contribution in [-0.4, -0.2) is 39.8 Å². The van der Waals surface area contributed by atoms with Gasteiger partial charge in [0, 0.05) is 19.2 Å². The van der Waals surface area contributed by atoms with E-state index in [2.05, 4.69) is 10.3 Å². The lowest BCUT2D eigenvalue weighted by atomic mass is 10.2. The molecular formula is C11H15F2N3O3. The first-order valence-corrected chi connectivity index (χ1v) is 5.95. The number of nitrogens with zero attached hydrogens (tertiary/aromatic N) is 2. The Kier molecular flexibility index (Phi) is 3.81. The zero-order valence-electron chi connectivity index (χ0n) is 10.3. The minimum absolute atomic E-state index is 0.323. The van der Waals surface area contributed by atoms with Crippen LogP contribution in [-0.2, 0) is 4.74 Å². The second kappa shape index (κ2) is 5.22. The predicted molar refractivity (Wildman–Crippen MR) is 63.2 cm³/mol. The number of aliphatic hydroxyl groups is 1. The fraction of sp³-hybridized carbons (Fsp3) is 0.636. The minimum atomic E-state index is -3.21. The number of halogens is 2. The number of hydrogen-bond acceptors (Lipinski definition) is 5. The Labute approximate surface area is 108 Å². The second-order valence-electron chi connectivity index (χ2n) is 4.29. The molecule has 106 valence electrons. The Bertz CT molecular complexity index is 506. The molecule has 1 saturated heterocycles. The van der Waals surface area contributed by atoms with Crippen LogP contribution in [0.1, 0.15) is 19.6 Å². The topological polar surface area (TPSA) is 76.4 Å². The quantitative estimate of drug-likeness (QED) is 0.841. The Morgan fingerprint density at radius 3 is 2.95 bits per heavy atom. The average Bonchev–Trinajstić information content (AvgIpc) is 2.65. The normalized spacial score (nSPS) is 25.5. The smallest absolute Gasteiger partial charge is 0.351 e. The zero-order valence-corrected chi connectivity index (χ0v) is 10.3. The molecule has 1 aromatic heterocycles. The van der Waals surface area contributed by atoms with Gasteiger partial charge in [0.05, 0.1) is 12.7 Å². The third kappa shape index (κ3) is 2.74. The van der Waals surface area contributed by atoms with E-state index in [9.17, 15) is 13.6 Å². The molecule has 0 spiro atoms. The number of nitrogens with one attached hydrogen (secondary N) is 1.